The minimum absolute atomic E-state index is 0.498. The van der Waals surface area contributed by atoms with Crippen molar-refractivity contribution < 1.29 is 0 Å². The van der Waals surface area contributed by atoms with Gasteiger partial charge in [-0.25, -0.2) is 4.98 Å². The van der Waals surface area contributed by atoms with Crippen LogP contribution in [0.15, 0.2) is 24.4 Å². The van der Waals surface area contributed by atoms with Crippen molar-refractivity contribution >= 4 is 23.1 Å². The van der Waals surface area contributed by atoms with E-state index >= 15 is 0 Å². The summed E-state index contributed by atoms with van der Waals surface area (Å²) in [5.74, 6) is 1.53. The van der Waals surface area contributed by atoms with Crippen molar-refractivity contribution in [1.82, 2.24) is 9.38 Å². The van der Waals surface area contributed by atoms with Crippen LogP contribution in [0, 0.1) is 0 Å². The number of hydrogen-bond donors (Lipinski definition) is 0. The van der Waals surface area contributed by atoms with Crippen LogP contribution >= 0.6 is 11.6 Å². The Morgan fingerprint density at radius 3 is 3.00 bits per heavy atom. The van der Waals surface area contributed by atoms with Gasteiger partial charge in [-0.1, -0.05) is 6.07 Å². The molecule has 1 aliphatic carbocycles. The van der Waals surface area contributed by atoms with E-state index in [1.807, 2.05) is 24.4 Å². The van der Waals surface area contributed by atoms with Crippen molar-refractivity contribution in [2.75, 3.05) is 11.9 Å². The lowest BCUT2D eigenvalue weighted by atomic mass is 10.4. The lowest BCUT2D eigenvalue weighted by Crippen LogP contribution is -2.21. The normalized spacial score (nSPS) is 15.6. The van der Waals surface area contributed by atoms with Crippen LogP contribution in [0.4, 0.5) is 5.82 Å². The average Bonchev–Trinajstić information content (AvgIpc) is 3.08. The van der Waals surface area contributed by atoms with Crippen LogP contribution in [0.1, 0.15) is 18.5 Å². The van der Waals surface area contributed by atoms with Crippen molar-refractivity contribution in [1.29, 1.82) is 0 Å². The molecule has 0 N–H and O–H groups in total. The van der Waals surface area contributed by atoms with Crippen molar-refractivity contribution in [3.05, 3.63) is 30.1 Å². The summed E-state index contributed by atoms with van der Waals surface area (Å²) in [6, 6.07) is 6.68. The van der Waals surface area contributed by atoms with Crippen molar-refractivity contribution in [3.8, 4) is 0 Å². The monoisotopic (exact) mass is 235 g/mol. The molecule has 1 aliphatic rings. The second-order valence-electron chi connectivity index (χ2n) is 4.29. The van der Waals surface area contributed by atoms with Crippen LogP contribution < -0.4 is 4.90 Å². The Balaban J connectivity index is 2.15. The minimum Gasteiger partial charge on any atom is -0.355 e. The fraction of sp³-hybridized carbons (Fsp3) is 0.417. The Morgan fingerprint density at radius 2 is 2.31 bits per heavy atom. The average molecular weight is 236 g/mol. The van der Waals surface area contributed by atoms with Gasteiger partial charge in [0.05, 0.1) is 11.6 Å². The van der Waals surface area contributed by atoms with Gasteiger partial charge in [-0.15, -0.1) is 11.6 Å². The molecule has 0 radical (unpaired) electrons. The molecule has 0 saturated heterocycles. The molecule has 2 heterocycles. The number of nitrogens with zero attached hydrogens (tertiary/aromatic N) is 3. The predicted octanol–water partition coefficient (Wildman–Crippen LogP) is 2.67. The van der Waals surface area contributed by atoms with Gasteiger partial charge >= 0.3 is 0 Å². The molecule has 0 aliphatic heterocycles. The summed E-state index contributed by atoms with van der Waals surface area (Å²) in [5, 5.41) is 0. The Bertz CT molecular complexity index is 516. The predicted molar refractivity (Wildman–Crippen MR) is 66.2 cm³/mol. The minimum atomic E-state index is 0.498. The molecule has 4 heteroatoms. The van der Waals surface area contributed by atoms with Crippen molar-refractivity contribution in [2.24, 2.45) is 0 Å². The molecule has 0 aromatic carbocycles. The van der Waals surface area contributed by atoms with E-state index in [4.69, 9.17) is 11.6 Å². The van der Waals surface area contributed by atoms with Crippen LogP contribution in [0.2, 0.25) is 0 Å². The van der Waals surface area contributed by atoms with E-state index < -0.39 is 0 Å². The molecule has 0 atom stereocenters. The van der Waals surface area contributed by atoms with Gasteiger partial charge in [0, 0.05) is 19.3 Å². The molecule has 84 valence electrons. The number of pyridine rings is 1. The van der Waals surface area contributed by atoms with Gasteiger partial charge in [0.1, 0.15) is 5.65 Å². The molecule has 0 unspecified atom stereocenters. The Hall–Kier alpha value is -1.22. The summed E-state index contributed by atoms with van der Waals surface area (Å²) in [5.41, 5.74) is 2.06. The molecule has 3 nitrogen and oxygen atoms in total. The number of halogens is 1. The second kappa shape index (κ2) is 3.67. The zero-order valence-corrected chi connectivity index (χ0v) is 9.98. The summed E-state index contributed by atoms with van der Waals surface area (Å²) in [4.78, 5) is 6.90. The third-order valence-corrected chi connectivity index (χ3v) is 3.42. The highest BCUT2D eigenvalue weighted by molar-refractivity contribution is 6.17. The summed E-state index contributed by atoms with van der Waals surface area (Å²) < 4.78 is 2.07. The lowest BCUT2D eigenvalue weighted by molar-refractivity contribution is 0.888. The maximum atomic E-state index is 6.03. The summed E-state index contributed by atoms with van der Waals surface area (Å²) in [6.45, 7) is 0. The number of fused-ring (bicyclic) bond motifs is 1. The van der Waals surface area contributed by atoms with Gasteiger partial charge in [0.25, 0.3) is 0 Å². The van der Waals surface area contributed by atoms with Crippen LogP contribution in [-0.4, -0.2) is 22.5 Å². The van der Waals surface area contributed by atoms with E-state index in [2.05, 4.69) is 21.3 Å². The Kier molecular flexibility index (Phi) is 2.28. The van der Waals surface area contributed by atoms with Gasteiger partial charge in [0.15, 0.2) is 5.82 Å². The zero-order valence-electron chi connectivity index (χ0n) is 9.23. The Morgan fingerprint density at radius 1 is 1.50 bits per heavy atom. The molecular weight excluding hydrogens is 222 g/mol. The van der Waals surface area contributed by atoms with Gasteiger partial charge < -0.3 is 9.30 Å². The highest BCUT2D eigenvalue weighted by Gasteiger charge is 2.29. The van der Waals surface area contributed by atoms with E-state index in [1.54, 1.807) is 0 Å². The van der Waals surface area contributed by atoms with E-state index in [1.165, 1.54) is 12.8 Å². The molecule has 0 amide bonds. The first-order chi connectivity index (χ1) is 7.81. The number of alkyl halides is 1. The van der Waals surface area contributed by atoms with Crippen LogP contribution in [0.25, 0.3) is 5.65 Å². The number of aromatic nitrogens is 2. The molecule has 2 aromatic rings. The molecule has 3 rings (SSSR count). The van der Waals surface area contributed by atoms with Gasteiger partial charge in [-0.3, -0.25) is 0 Å². The number of imidazole rings is 1. The van der Waals surface area contributed by atoms with E-state index in [0.717, 1.165) is 17.2 Å². The topological polar surface area (TPSA) is 20.5 Å². The fourth-order valence-electron chi connectivity index (χ4n) is 2.08. The maximum Gasteiger partial charge on any atom is 0.152 e. The second-order valence-corrected chi connectivity index (χ2v) is 4.55. The highest BCUT2D eigenvalue weighted by Crippen LogP contribution is 2.32. The molecule has 1 saturated carbocycles. The molecular formula is C12H14ClN3. The maximum absolute atomic E-state index is 6.03. The van der Waals surface area contributed by atoms with Crippen LogP contribution in [0.5, 0.6) is 0 Å². The van der Waals surface area contributed by atoms with Gasteiger partial charge in [0.2, 0.25) is 0 Å². The van der Waals surface area contributed by atoms with Crippen molar-refractivity contribution in [3.63, 3.8) is 0 Å². The van der Waals surface area contributed by atoms with Crippen LogP contribution in [0.3, 0.4) is 0 Å². The molecule has 0 bridgehead atoms. The van der Waals surface area contributed by atoms with E-state index in [9.17, 15) is 0 Å². The molecule has 0 spiro atoms. The fourth-order valence-corrected chi connectivity index (χ4v) is 2.32. The molecule has 1 fully saturated rings. The third kappa shape index (κ3) is 1.47. The first-order valence-electron chi connectivity index (χ1n) is 5.56. The first-order valence-corrected chi connectivity index (χ1v) is 6.09. The van der Waals surface area contributed by atoms with E-state index in [0.29, 0.717) is 11.9 Å². The molecule has 16 heavy (non-hydrogen) atoms. The van der Waals surface area contributed by atoms with E-state index in [-0.39, 0.29) is 0 Å². The SMILES string of the molecule is CN(c1nc2ccccn2c1CCl)C1CC1. The standard InChI is InChI=1S/C12H14ClN3/c1-15(9-5-6-9)12-10(8-13)16-7-3-2-4-11(16)14-12/h2-4,7,9H,5-6,8H2,1H3. The van der Waals surface area contributed by atoms with Crippen LogP contribution in [-0.2, 0) is 5.88 Å². The smallest absolute Gasteiger partial charge is 0.152 e. The summed E-state index contributed by atoms with van der Waals surface area (Å²) in [6.07, 6.45) is 4.56. The largest absolute Gasteiger partial charge is 0.355 e. The van der Waals surface area contributed by atoms with Crippen molar-refractivity contribution in [2.45, 2.75) is 24.8 Å². The number of anilines is 1. The quantitative estimate of drug-likeness (QED) is 0.763. The van der Waals surface area contributed by atoms with Gasteiger partial charge in [-0.05, 0) is 25.0 Å². The molecule has 2 aromatic heterocycles. The summed E-state index contributed by atoms with van der Waals surface area (Å²) >= 11 is 6.03. The lowest BCUT2D eigenvalue weighted by Gasteiger charge is -2.16. The summed E-state index contributed by atoms with van der Waals surface area (Å²) in [7, 11) is 2.11. The number of hydrogen-bond acceptors (Lipinski definition) is 2. The van der Waals surface area contributed by atoms with Gasteiger partial charge in [-0.2, -0.15) is 0 Å². The highest BCUT2D eigenvalue weighted by atomic mass is 35.5. The zero-order chi connectivity index (χ0) is 11.1. The first kappa shape index (κ1) is 9.97. The Labute approximate surface area is 99.7 Å². The number of rotatable bonds is 3. The third-order valence-electron chi connectivity index (χ3n) is 3.16.